The number of hydrogen-bond donors (Lipinski definition) is 1. The van der Waals surface area contributed by atoms with E-state index in [2.05, 4.69) is 16.7 Å². The first-order chi connectivity index (χ1) is 10.0. The molecule has 116 valence electrons. The Bertz CT molecular complexity index is 463. The molecule has 0 aliphatic carbocycles. The topological polar surface area (TPSA) is 73.6 Å². The summed E-state index contributed by atoms with van der Waals surface area (Å²) in [6.45, 7) is 8.08. The van der Waals surface area contributed by atoms with Gasteiger partial charge in [0.1, 0.15) is 12.4 Å². The average molecular weight is 294 g/mol. The van der Waals surface area contributed by atoms with Crippen molar-refractivity contribution < 1.29 is 14.7 Å². The molecule has 6 heteroatoms. The zero-order valence-corrected chi connectivity index (χ0v) is 12.5. The van der Waals surface area contributed by atoms with Gasteiger partial charge in [0.15, 0.2) is 6.10 Å². The van der Waals surface area contributed by atoms with Gasteiger partial charge in [-0.05, 0) is 18.1 Å². The summed E-state index contributed by atoms with van der Waals surface area (Å²) in [5, 5.41) is 12.8. The third kappa shape index (κ3) is 6.76. The van der Waals surface area contributed by atoms with Crippen LogP contribution in [0.4, 0.5) is 0 Å². The van der Waals surface area contributed by atoms with Gasteiger partial charge >= 0.3 is 0 Å². The molecule has 0 radical (unpaired) electrons. The van der Waals surface area contributed by atoms with Gasteiger partial charge in [0.2, 0.25) is 0 Å². The van der Waals surface area contributed by atoms with Crippen LogP contribution in [0, 0.1) is 10.1 Å². The molecule has 0 aliphatic rings. The van der Waals surface area contributed by atoms with Gasteiger partial charge in [-0.25, -0.2) is 0 Å². The number of nitrogens with zero attached hydrogens (tertiary/aromatic N) is 1. The Hall–Kier alpha value is -2.08. The maximum absolute atomic E-state index is 10.5. The molecule has 0 amide bonds. The van der Waals surface area contributed by atoms with E-state index in [0.717, 1.165) is 5.56 Å². The minimum Gasteiger partial charge on any atom is -0.491 e. The molecule has 1 atom stereocenters. The van der Waals surface area contributed by atoms with Gasteiger partial charge in [-0.1, -0.05) is 38.1 Å². The highest BCUT2D eigenvalue weighted by atomic mass is 17.0. The van der Waals surface area contributed by atoms with E-state index < -0.39 is 11.2 Å². The molecule has 6 nitrogen and oxygen atoms in total. The van der Waals surface area contributed by atoms with Crippen LogP contribution in [0.3, 0.4) is 0 Å². The maximum Gasteiger partial charge on any atom is 0.294 e. The predicted molar refractivity (Wildman–Crippen MR) is 80.8 cm³/mol. The zero-order chi connectivity index (χ0) is 15.7. The molecule has 21 heavy (non-hydrogen) atoms. The molecule has 0 saturated heterocycles. The summed E-state index contributed by atoms with van der Waals surface area (Å²) in [6, 6.07) is 7.76. The summed E-state index contributed by atoms with van der Waals surface area (Å²) in [5.74, 6) is 0.693. The Morgan fingerprint density at radius 2 is 2.14 bits per heavy atom. The summed E-state index contributed by atoms with van der Waals surface area (Å²) in [7, 11) is 0. The maximum atomic E-state index is 10.5. The Kier molecular flexibility index (Phi) is 7.25. The van der Waals surface area contributed by atoms with Crippen molar-refractivity contribution in [1.29, 1.82) is 0 Å². The number of rotatable bonds is 10. The Morgan fingerprint density at radius 3 is 2.76 bits per heavy atom. The molecular formula is C15H22N2O4. The number of hydrogen-bond acceptors (Lipinski definition) is 5. The Balaban J connectivity index is 2.62. The van der Waals surface area contributed by atoms with Crippen molar-refractivity contribution in [2.75, 3.05) is 13.2 Å². The normalized spacial score (nSPS) is 12.0. The summed E-state index contributed by atoms with van der Waals surface area (Å²) in [5.41, 5.74) is 0.990. The van der Waals surface area contributed by atoms with E-state index in [-0.39, 0.29) is 12.6 Å². The molecule has 1 aromatic carbocycles. The molecule has 0 bridgehead atoms. The van der Waals surface area contributed by atoms with Crippen molar-refractivity contribution in [2.24, 2.45) is 0 Å². The van der Waals surface area contributed by atoms with Crippen molar-refractivity contribution in [3.63, 3.8) is 0 Å². The third-order valence-corrected chi connectivity index (χ3v) is 2.75. The molecule has 1 N–H and O–H groups in total. The van der Waals surface area contributed by atoms with E-state index >= 15 is 0 Å². The first-order valence-corrected chi connectivity index (χ1v) is 6.89. The van der Waals surface area contributed by atoms with Crippen LogP contribution < -0.4 is 10.1 Å². The first-order valence-electron chi connectivity index (χ1n) is 6.89. The third-order valence-electron chi connectivity index (χ3n) is 2.75. The van der Waals surface area contributed by atoms with E-state index in [0.29, 0.717) is 18.7 Å². The van der Waals surface area contributed by atoms with Crippen LogP contribution in [0.15, 0.2) is 36.9 Å². The van der Waals surface area contributed by atoms with Crippen molar-refractivity contribution >= 4 is 0 Å². The number of nitrogens with one attached hydrogen (secondary N) is 1. The molecule has 1 rings (SSSR count). The summed E-state index contributed by atoms with van der Waals surface area (Å²) < 4.78 is 5.67. The lowest BCUT2D eigenvalue weighted by Gasteiger charge is -2.19. The highest BCUT2D eigenvalue weighted by molar-refractivity contribution is 5.34. The smallest absolute Gasteiger partial charge is 0.294 e. The quantitative estimate of drug-likeness (QED) is 0.407. The summed E-state index contributed by atoms with van der Waals surface area (Å²) >= 11 is 0. The standard InChI is InChI=1S/C15H22N2O4/c1-4-7-13-8-5-6-9-15(13)20-11-14(21-17(18)19)10-16-12(2)3/h4-6,8-9,12,14,16H,1,7,10-11H2,2-3H3. The fourth-order valence-electron chi connectivity index (χ4n) is 1.77. The summed E-state index contributed by atoms with van der Waals surface area (Å²) in [6.07, 6.45) is 1.81. The fourth-order valence-corrected chi connectivity index (χ4v) is 1.77. The van der Waals surface area contributed by atoms with Crippen LogP contribution >= 0.6 is 0 Å². The molecule has 1 aromatic rings. The monoisotopic (exact) mass is 294 g/mol. The summed E-state index contributed by atoms with van der Waals surface area (Å²) in [4.78, 5) is 15.2. The van der Waals surface area contributed by atoms with Crippen molar-refractivity contribution in [3.05, 3.63) is 52.6 Å². The van der Waals surface area contributed by atoms with Crippen LogP contribution in [0.1, 0.15) is 19.4 Å². The molecule has 0 fully saturated rings. The highest BCUT2D eigenvalue weighted by Crippen LogP contribution is 2.19. The largest absolute Gasteiger partial charge is 0.491 e. The highest BCUT2D eigenvalue weighted by Gasteiger charge is 2.15. The van der Waals surface area contributed by atoms with Crippen LogP contribution in [-0.4, -0.2) is 30.4 Å². The molecule has 0 heterocycles. The molecule has 0 aliphatic heterocycles. The van der Waals surface area contributed by atoms with Crippen molar-refractivity contribution in [3.8, 4) is 5.75 Å². The van der Waals surface area contributed by atoms with Crippen LogP contribution in [0.2, 0.25) is 0 Å². The fraction of sp³-hybridized carbons (Fsp3) is 0.467. The SMILES string of the molecule is C=CCc1ccccc1OCC(CNC(C)C)O[N+](=O)[O-]. The van der Waals surface area contributed by atoms with E-state index in [9.17, 15) is 10.1 Å². The number of ether oxygens (including phenoxy) is 1. The Labute approximate surface area is 124 Å². The van der Waals surface area contributed by atoms with Crippen molar-refractivity contribution in [2.45, 2.75) is 32.4 Å². The predicted octanol–water partition coefficient (Wildman–Crippen LogP) is 2.37. The van der Waals surface area contributed by atoms with Gasteiger partial charge in [-0.15, -0.1) is 16.7 Å². The van der Waals surface area contributed by atoms with Gasteiger partial charge in [0.05, 0.1) is 0 Å². The lowest BCUT2D eigenvalue weighted by Crippen LogP contribution is -2.38. The minimum atomic E-state index is -0.786. The van der Waals surface area contributed by atoms with Crippen LogP contribution in [0.25, 0.3) is 0 Å². The second-order valence-corrected chi connectivity index (χ2v) is 4.93. The van der Waals surface area contributed by atoms with Gasteiger partial charge < -0.3 is 14.9 Å². The molecular weight excluding hydrogens is 272 g/mol. The minimum absolute atomic E-state index is 0.106. The van der Waals surface area contributed by atoms with Crippen LogP contribution in [0.5, 0.6) is 5.75 Å². The molecule has 1 unspecified atom stereocenters. The molecule has 0 aromatic heterocycles. The number of para-hydroxylation sites is 1. The van der Waals surface area contributed by atoms with Gasteiger partial charge in [-0.3, -0.25) is 0 Å². The van der Waals surface area contributed by atoms with Crippen LogP contribution in [-0.2, 0) is 11.3 Å². The zero-order valence-electron chi connectivity index (χ0n) is 12.5. The molecule has 0 spiro atoms. The molecule has 0 saturated carbocycles. The second kappa shape index (κ2) is 8.97. The van der Waals surface area contributed by atoms with E-state index in [4.69, 9.17) is 4.74 Å². The number of benzene rings is 1. The average Bonchev–Trinajstić information content (AvgIpc) is 2.43. The van der Waals surface area contributed by atoms with Gasteiger partial charge in [-0.2, -0.15) is 0 Å². The van der Waals surface area contributed by atoms with E-state index in [1.807, 2.05) is 38.1 Å². The van der Waals surface area contributed by atoms with E-state index in [1.54, 1.807) is 6.08 Å². The Morgan fingerprint density at radius 1 is 1.43 bits per heavy atom. The van der Waals surface area contributed by atoms with Crippen molar-refractivity contribution in [1.82, 2.24) is 5.32 Å². The lowest BCUT2D eigenvalue weighted by atomic mass is 10.1. The number of allylic oxidation sites excluding steroid dienone is 1. The first kappa shape index (κ1) is 17.0. The van der Waals surface area contributed by atoms with E-state index in [1.165, 1.54) is 0 Å². The van der Waals surface area contributed by atoms with Gasteiger partial charge in [0, 0.05) is 12.6 Å². The lowest BCUT2D eigenvalue weighted by molar-refractivity contribution is -0.768. The van der Waals surface area contributed by atoms with Gasteiger partial charge in [0.25, 0.3) is 5.09 Å². The second-order valence-electron chi connectivity index (χ2n) is 4.93.